The Morgan fingerprint density at radius 3 is 2.65 bits per heavy atom. The molecular formula is C10H15N3O3S. The number of rotatable bonds is 5. The third-order valence-electron chi connectivity index (χ3n) is 2.20. The highest BCUT2D eigenvalue weighted by molar-refractivity contribution is 7.89. The van der Waals surface area contributed by atoms with Gasteiger partial charge in [-0.1, -0.05) is 12.1 Å². The van der Waals surface area contributed by atoms with Crippen LogP contribution >= 0.6 is 0 Å². The van der Waals surface area contributed by atoms with Gasteiger partial charge in [-0.05, 0) is 24.6 Å². The summed E-state index contributed by atoms with van der Waals surface area (Å²) in [5.74, 6) is -0.733. The Labute approximate surface area is 100 Å². The van der Waals surface area contributed by atoms with Gasteiger partial charge in [-0.25, -0.2) is 8.42 Å². The van der Waals surface area contributed by atoms with Crippen LogP contribution in [0, 0.1) is 0 Å². The molecule has 7 heteroatoms. The highest BCUT2D eigenvalue weighted by Crippen LogP contribution is 2.11. The summed E-state index contributed by atoms with van der Waals surface area (Å²) >= 11 is 0. The van der Waals surface area contributed by atoms with Crippen LogP contribution in [0.4, 0.5) is 0 Å². The van der Waals surface area contributed by atoms with Crippen molar-refractivity contribution in [3.63, 3.8) is 0 Å². The third-order valence-corrected chi connectivity index (χ3v) is 3.74. The summed E-state index contributed by atoms with van der Waals surface area (Å²) in [4.78, 5) is 10.9. The zero-order valence-corrected chi connectivity index (χ0v) is 10.2. The van der Waals surface area contributed by atoms with E-state index in [9.17, 15) is 13.2 Å². The Kier molecular flexibility index (Phi) is 4.22. The van der Waals surface area contributed by atoms with Crippen LogP contribution in [0.25, 0.3) is 0 Å². The number of benzene rings is 1. The lowest BCUT2D eigenvalue weighted by Crippen LogP contribution is -2.42. The first-order valence-corrected chi connectivity index (χ1v) is 6.46. The van der Waals surface area contributed by atoms with Crippen molar-refractivity contribution >= 4 is 15.9 Å². The van der Waals surface area contributed by atoms with Crippen molar-refractivity contribution in [3.8, 4) is 0 Å². The average molecular weight is 257 g/mol. The second-order valence-corrected chi connectivity index (χ2v) is 5.31. The van der Waals surface area contributed by atoms with Crippen molar-refractivity contribution in [2.24, 2.45) is 11.5 Å². The van der Waals surface area contributed by atoms with Crippen LogP contribution in [0.5, 0.6) is 0 Å². The highest BCUT2D eigenvalue weighted by Gasteiger charge is 2.20. The van der Waals surface area contributed by atoms with E-state index in [-0.39, 0.29) is 11.4 Å². The van der Waals surface area contributed by atoms with E-state index >= 15 is 0 Å². The summed E-state index contributed by atoms with van der Waals surface area (Å²) < 4.78 is 25.9. The summed E-state index contributed by atoms with van der Waals surface area (Å²) in [6, 6.07) is 5.23. The van der Waals surface area contributed by atoms with Gasteiger partial charge in [0.25, 0.3) is 0 Å². The molecule has 17 heavy (non-hydrogen) atoms. The van der Waals surface area contributed by atoms with Gasteiger partial charge in [-0.3, -0.25) is 4.79 Å². The van der Waals surface area contributed by atoms with Crippen LogP contribution in [0.1, 0.15) is 12.5 Å². The lowest BCUT2D eigenvalue weighted by Gasteiger charge is -2.11. The lowest BCUT2D eigenvalue weighted by atomic mass is 10.2. The normalized spacial score (nSPS) is 13.3. The molecule has 0 bridgehead atoms. The number of carbonyl (C=O) groups excluding carboxylic acids is 1. The molecule has 5 N–H and O–H groups in total. The van der Waals surface area contributed by atoms with E-state index in [4.69, 9.17) is 11.5 Å². The molecule has 0 aliphatic rings. The van der Waals surface area contributed by atoms with Gasteiger partial charge in [0.2, 0.25) is 15.9 Å². The molecule has 0 heterocycles. The zero-order valence-electron chi connectivity index (χ0n) is 9.38. The van der Waals surface area contributed by atoms with E-state index < -0.39 is 22.0 Å². The number of hydrogen-bond acceptors (Lipinski definition) is 4. The molecule has 1 atom stereocenters. The first kappa shape index (κ1) is 13.6. The van der Waals surface area contributed by atoms with Crippen molar-refractivity contribution in [2.75, 3.05) is 0 Å². The second-order valence-electron chi connectivity index (χ2n) is 3.60. The van der Waals surface area contributed by atoms with Crippen LogP contribution in [-0.4, -0.2) is 20.4 Å². The minimum atomic E-state index is -3.74. The average Bonchev–Trinajstić information content (AvgIpc) is 2.28. The molecule has 0 fully saturated rings. The summed E-state index contributed by atoms with van der Waals surface area (Å²) in [5, 5.41) is 0. The van der Waals surface area contributed by atoms with Gasteiger partial charge >= 0.3 is 0 Å². The van der Waals surface area contributed by atoms with Crippen LogP contribution < -0.4 is 16.2 Å². The molecule has 0 aliphatic heterocycles. The molecule has 1 aromatic carbocycles. The predicted molar refractivity (Wildman–Crippen MR) is 63.3 cm³/mol. The van der Waals surface area contributed by atoms with Gasteiger partial charge in [0.15, 0.2) is 0 Å². The number of amides is 1. The maximum atomic E-state index is 11.9. The van der Waals surface area contributed by atoms with E-state index in [0.717, 1.165) is 0 Å². The van der Waals surface area contributed by atoms with Crippen molar-refractivity contribution in [1.82, 2.24) is 4.72 Å². The molecular weight excluding hydrogens is 242 g/mol. The van der Waals surface area contributed by atoms with Crippen LogP contribution in [0.15, 0.2) is 29.2 Å². The smallest absolute Gasteiger partial charge is 0.241 e. The lowest BCUT2D eigenvalue weighted by molar-refractivity contribution is -0.119. The Morgan fingerprint density at radius 2 is 2.12 bits per heavy atom. The van der Waals surface area contributed by atoms with Gasteiger partial charge in [-0.15, -0.1) is 0 Å². The van der Waals surface area contributed by atoms with Gasteiger partial charge in [0.05, 0.1) is 10.9 Å². The molecule has 0 saturated heterocycles. The van der Waals surface area contributed by atoms with E-state index in [2.05, 4.69) is 4.72 Å². The summed E-state index contributed by atoms with van der Waals surface area (Å²) in [5.41, 5.74) is 11.1. The summed E-state index contributed by atoms with van der Waals surface area (Å²) in [6.07, 6.45) is 0. The molecule has 1 unspecified atom stereocenters. The number of nitrogens with two attached hydrogens (primary N) is 2. The fraction of sp³-hybridized carbons (Fsp3) is 0.300. The predicted octanol–water partition coefficient (Wildman–Crippen LogP) is -0.703. The van der Waals surface area contributed by atoms with Crippen molar-refractivity contribution in [1.29, 1.82) is 0 Å². The Bertz CT molecular complexity index is 513. The van der Waals surface area contributed by atoms with Crippen LogP contribution in [-0.2, 0) is 21.4 Å². The number of carbonyl (C=O) groups is 1. The van der Waals surface area contributed by atoms with E-state index in [1.165, 1.54) is 19.1 Å². The maximum Gasteiger partial charge on any atom is 0.241 e. The summed E-state index contributed by atoms with van der Waals surface area (Å²) in [7, 11) is -3.74. The highest BCUT2D eigenvalue weighted by atomic mass is 32.2. The fourth-order valence-corrected chi connectivity index (χ4v) is 2.48. The van der Waals surface area contributed by atoms with Gasteiger partial charge in [0, 0.05) is 6.54 Å². The fourth-order valence-electron chi connectivity index (χ4n) is 1.20. The third kappa shape index (κ3) is 3.52. The van der Waals surface area contributed by atoms with Gasteiger partial charge in [0.1, 0.15) is 0 Å². The summed E-state index contributed by atoms with van der Waals surface area (Å²) in [6.45, 7) is 1.63. The van der Waals surface area contributed by atoms with E-state index in [1.807, 2.05) is 0 Å². The van der Waals surface area contributed by atoms with E-state index in [1.54, 1.807) is 12.1 Å². The number of primary amides is 1. The number of hydrogen-bond donors (Lipinski definition) is 3. The number of nitrogens with one attached hydrogen (secondary N) is 1. The molecule has 0 spiro atoms. The largest absolute Gasteiger partial charge is 0.368 e. The van der Waals surface area contributed by atoms with Crippen LogP contribution in [0.3, 0.4) is 0 Å². The standard InChI is InChI=1S/C10H15N3O3S/c1-7(10(12)14)13-17(15,16)9-4-2-3-8(5-9)6-11/h2-5,7,13H,6,11H2,1H3,(H2,12,14). The Balaban J connectivity index is 3.01. The van der Waals surface area contributed by atoms with Crippen molar-refractivity contribution < 1.29 is 13.2 Å². The monoisotopic (exact) mass is 257 g/mol. The number of sulfonamides is 1. The minimum absolute atomic E-state index is 0.0635. The van der Waals surface area contributed by atoms with Crippen molar-refractivity contribution in [2.45, 2.75) is 24.4 Å². The molecule has 1 amide bonds. The Hall–Kier alpha value is -1.44. The van der Waals surface area contributed by atoms with Crippen molar-refractivity contribution in [3.05, 3.63) is 29.8 Å². The molecule has 0 radical (unpaired) electrons. The maximum absolute atomic E-state index is 11.9. The second kappa shape index (κ2) is 5.26. The molecule has 0 saturated carbocycles. The first-order valence-electron chi connectivity index (χ1n) is 4.97. The molecule has 6 nitrogen and oxygen atoms in total. The molecule has 94 valence electrons. The molecule has 1 rings (SSSR count). The topological polar surface area (TPSA) is 115 Å². The van der Waals surface area contributed by atoms with Gasteiger partial charge in [-0.2, -0.15) is 4.72 Å². The minimum Gasteiger partial charge on any atom is -0.368 e. The van der Waals surface area contributed by atoms with Crippen LogP contribution in [0.2, 0.25) is 0 Å². The quantitative estimate of drug-likeness (QED) is 0.646. The molecule has 0 aliphatic carbocycles. The molecule has 0 aromatic heterocycles. The SMILES string of the molecule is CC(NS(=O)(=O)c1cccc(CN)c1)C(N)=O. The Morgan fingerprint density at radius 1 is 1.47 bits per heavy atom. The molecule has 1 aromatic rings. The zero-order chi connectivity index (χ0) is 13.1. The first-order chi connectivity index (χ1) is 7.86. The van der Waals surface area contributed by atoms with E-state index in [0.29, 0.717) is 5.56 Å². The van der Waals surface area contributed by atoms with Gasteiger partial charge < -0.3 is 11.5 Å².